The fourth-order valence-electron chi connectivity index (χ4n) is 4.82. The standard InChI is InChI=1S/C16H23F3N4O3/c17-16(18,19)22-9-14(26-20-22)23-11-1-2-12(23)8-13(7-11)21-5-3-10(4-6-21)15(24)25/h9-13,20H,1-8H2,(H,24,25)/t11-,12+,13?. The van der Waals surface area contributed by atoms with Crippen LogP contribution < -0.4 is 5.59 Å². The number of nitrogens with zero attached hydrogens (tertiary/aromatic N) is 3. The van der Waals surface area contributed by atoms with Gasteiger partial charge in [0.2, 0.25) is 5.88 Å². The van der Waals surface area contributed by atoms with E-state index in [1.807, 2.05) is 10.5 Å². The van der Waals surface area contributed by atoms with Crippen LogP contribution in [0.4, 0.5) is 13.2 Å². The summed E-state index contributed by atoms with van der Waals surface area (Å²) >= 11 is 0. The zero-order chi connectivity index (χ0) is 18.5. The number of nitrogens with one attached hydrogen (secondary N) is 1. The molecule has 3 fully saturated rings. The fraction of sp³-hybridized carbons (Fsp3) is 0.812. The third kappa shape index (κ3) is 3.20. The van der Waals surface area contributed by atoms with Gasteiger partial charge in [-0.2, -0.15) is 5.01 Å². The van der Waals surface area contributed by atoms with Gasteiger partial charge in [-0.25, -0.2) is 0 Å². The van der Waals surface area contributed by atoms with E-state index in [0.29, 0.717) is 18.9 Å². The van der Waals surface area contributed by atoms with Crippen LogP contribution in [0.3, 0.4) is 0 Å². The van der Waals surface area contributed by atoms with E-state index in [0.717, 1.165) is 45.0 Å². The van der Waals surface area contributed by atoms with E-state index in [4.69, 9.17) is 9.94 Å². The summed E-state index contributed by atoms with van der Waals surface area (Å²) in [5.41, 5.74) is 1.91. The molecule has 0 spiro atoms. The van der Waals surface area contributed by atoms with Gasteiger partial charge in [0.25, 0.3) is 0 Å². The number of halogens is 3. The van der Waals surface area contributed by atoms with Crippen molar-refractivity contribution in [3.8, 4) is 0 Å². The third-order valence-corrected chi connectivity index (χ3v) is 6.12. The van der Waals surface area contributed by atoms with Gasteiger partial charge >= 0.3 is 12.3 Å². The van der Waals surface area contributed by atoms with Crippen molar-refractivity contribution >= 4 is 5.97 Å². The van der Waals surface area contributed by atoms with Gasteiger partial charge in [0, 0.05) is 18.1 Å². The van der Waals surface area contributed by atoms with Gasteiger partial charge in [-0.3, -0.25) is 4.79 Å². The summed E-state index contributed by atoms with van der Waals surface area (Å²) in [6.07, 6.45) is 1.44. The summed E-state index contributed by atoms with van der Waals surface area (Å²) < 4.78 is 38.3. The second kappa shape index (κ2) is 6.49. The number of carbonyl (C=O) groups is 1. The molecule has 0 radical (unpaired) electrons. The molecule has 4 aliphatic heterocycles. The maximum atomic E-state index is 12.8. The van der Waals surface area contributed by atoms with Crippen LogP contribution in [0, 0.1) is 5.92 Å². The van der Waals surface area contributed by atoms with Crippen molar-refractivity contribution in [2.45, 2.75) is 63.0 Å². The molecule has 0 aliphatic carbocycles. The normalized spacial score (nSPS) is 33.3. The van der Waals surface area contributed by atoms with Crippen molar-refractivity contribution in [3.05, 3.63) is 12.1 Å². The second-order valence-corrected chi connectivity index (χ2v) is 7.56. The predicted octanol–water partition coefficient (Wildman–Crippen LogP) is 1.85. The number of hydrogen-bond donors (Lipinski definition) is 2. The Morgan fingerprint density at radius 2 is 1.73 bits per heavy atom. The first kappa shape index (κ1) is 17.7. The van der Waals surface area contributed by atoms with E-state index in [1.165, 1.54) is 0 Å². The molecule has 7 nitrogen and oxygen atoms in total. The van der Waals surface area contributed by atoms with E-state index in [9.17, 15) is 18.0 Å². The van der Waals surface area contributed by atoms with Crippen LogP contribution >= 0.6 is 0 Å². The lowest BCUT2D eigenvalue weighted by Crippen LogP contribution is -2.52. The molecule has 2 bridgehead atoms. The maximum absolute atomic E-state index is 12.8. The van der Waals surface area contributed by atoms with E-state index >= 15 is 0 Å². The first-order valence-corrected chi connectivity index (χ1v) is 9.08. The van der Waals surface area contributed by atoms with Crippen LogP contribution in [-0.2, 0) is 9.63 Å². The molecule has 0 saturated carbocycles. The SMILES string of the molecule is O=C(O)C1CCN(C2C[C@H]3CC[C@@H](C2)N3C2=CN(C(F)(F)F)NO2)CC1. The Kier molecular flexibility index (Phi) is 4.42. The van der Waals surface area contributed by atoms with Crippen LogP contribution in [0.1, 0.15) is 38.5 Å². The average molecular weight is 376 g/mol. The van der Waals surface area contributed by atoms with Crippen LogP contribution in [0.25, 0.3) is 0 Å². The summed E-state index contributed by atoms with van der Waals surface area (Å²) in [6, 6.07) is 0.696. The van der Waals surface area contributed by atoms with Gasteiger partial charge in [-0.1, -0.05) is 5.59 Å². The van der Waals surface area contributed by atoms with Crippen molar-refractivity contribution in [2.75, 3.05) is 13.1 Å². The molecule has 0 aromatic carbocycles. The van der Waals surface area contributed by atoms with Gasteiger partial charge in [0.1, 0.15) is 0 Å². The molecule has 4 aliphatic rings. The van der Waals surface area contributed by atoms with Crippen molar-refractivity contribution in [1.29, 1.82) is 0 Å². The number of rotatable bonds is 3. The summed E-state index contributed by atoms with van der Waals surface area (Å²) in [4.78, 5) is 20.6. The first-order chi connectivity index (χ1) is 12.3. The molecule has 26 heavy (non-hydrogen) atoms. The third-order valence-electron chi connectivity index (χ3n) is 6.12. The lowest BCUT2D eigenvalue weighted by Gasteiger charge is -2.45. The highest BCUT2D eigenvalue weighted by atomic mass is 19.4. The quantitative estimate of drug-likeness (QED) is 0.729. The molecular weight excluding hydrogens is 353 g/mol. The van der Waals surface area contributed by atoms with Gasteiger partial charge in [-0.05, 0) is 51.6 Å². The predicted molar refractivity (Wildman–Crippen MR) is 83.8 cm³/mol. The average Bonchev–Trinajstić information content (AvgIpc) is 3.17. The Morgan fingerprint density at radius 1 is 1.12 bits per heavy atom. The second-order valence-electron chi connectivity index (χ2n) is 7.56. The molecule has 0 amide bonds. The first-order valence-electron chi connectivity index (χ1n) is 9.08. The van der Waals surface area contributed by atoms with Crippen molar-refractivity contribution < 1.29 is 27.9 Å². The van der Waals surface area contributed by atoms with Crippen LogP contribution in [-0.4, -0.2) is 63.4 Å². The number of aliphatic carboxylic acids is 1. The van der Waals surface area contributed by atoms with E-state index < -0.39 is 12.3 Å². The summed E-state index contributed by atoms with van der Waals surface area (Å²) in [7, 11) is 0. The van der Waals surface area contributed by atoms with Crippen molar-refractivity contribution in [2.24, 2.45) is 5.92 Å². The van der Waals surface area contributed by atoms with Crippen LogP contribution in [0.2, 0.25) is 0 Å². The topological polar surface area (TPSA) is 68.3 Å². The molecule has 0 aromatic rings. The largest absolute Gasteiger partial charge is 0.501 e. The Balaban J connectivity index is 1.39. The number of hydrogen-bond acceptors (Lipinski definition) is 6. The van der Waals surface area contributed by atoms with Gasteiger partial charge in [0.05, 0.1) is 12.1 Å². The zero-order valence-electron chi connectivity index (χ0n) is 14.3. The summed E-state index contributed by atoms with van der Waals surface area (Å²) in [6.45, 7) is 1.56. The molecule has 146 valence electrons. The minimum atomic E-state index is -4.52. The van der Waals surface area contributed by atoms with Gasteiger partial charge < -0.3 is 19.7 Å². The number of carboxylic acids is 1. The summed E-state index contributed by atoms with van der Waals surface area (Å²) in [5, 5.41) is 9.16. The number of hydrazine groups is 1. The van der Waals surface area contributed by atoms with Gasteiger partial charge in [0.15, 0.2) is 0 Å². The number of carboxylic acid groups (broad SMARTS) is 1. The number of likely N-dealkylation sites (tertiary alicyclic amines) is 1. The van der Waals surface area contributed by atoms with Crippen molar-refractivity contribution in [1.82, 2.24) is 20.4 Å². The van der Waals surface area contributed by atoms with Gasteiger partial charge in [-0.15, -0.1) is 13.2 Å². The zero-order valence-corrected chi connectivity index (χ0v) is 14.3. The smallest absolute Gasteiger partial charge is 0.481 e. The Morgan fingerprint density at radius 3 is 2.23 bits per heavy atom. The Labute approximate surface area is 149 Å². The minimum absolute atomic E-state index is 0.0323. The van der Waals surface area contributed by atoms with E-state index in [-0.39, 0.29) is 28.9 Å². The molecule has 0 aromatic heterocycles. The van der Waals surface area contributed by atoms with Crippen LogP contribution in [0.5, 0.6) is 0 Å². The van der Waals surface area contributed by atoms with E-state index in [2.05, 4.69) is 4.90 Å². The molecule has 3 atom stereocenters. The molecule has 1 unspecified atom stereocenters. The Bertz CT molecular complexity index is 578. The molecule has 2 N–H and O–H groups in total. The molecule has 10 heteroatoms. The number of alkyl halides is 3. The highest BCUT2D eigenvalue weighted by Crippen LogP contribution is 2.42. The molecule has 3 saturated heterocycles. The number of fused-ring (bicyclic) bond motifs is 2. The monoisotopic (exact) mass is 376 g/mol. The fourth-order valence-corrected chi connectivity index (χ4v) is 4.82. The molecular formula is C16H23F3N4O3. The van der Waals surface area contributed by atoms with Crippen LogP contribution in [0.15, 0.2) is 12.1 Å². The molecule has 4 heterocycles. The lowest BCUT2D eigenvalue weighted by molar-refractivity contribution is -0.266. The van der Waals surface area contributed by atoms with E-state index in [1.54, 1.807) is 0 Å². The highest BCUT2D eigenvalue weighted by molar-refractivity contribution is 5.70. The highest BCUT2D eigenvalue weighted by Gasteiger charge is 2.47. The molecule has 4 rings (SSSR count). The lowest BCUT2D eigenvalue weighted by atomic mass is 9.91. The summed E-state index contributed by atoms with van der Waals surface area (Å²) in [5.74, 6) is -0.732. The maximum Gasteiger partial charge on any atom is 0.501 e. The minimum Gasteiger partial charge on any atom is -0.481 e. The van der Waals surface area contributed by atoms with Crippen molar-refractivity contribution in [3.63, 3.8) is 0 Å². The number of piperidine rings is 2. The Hall–Kier alpha value is -1.68.